The van der Waals surface area contributed by atoms with E-state index in [1.807, 2.05) is 4.90 Å². The van der Waals surface area contributed by atoms with Crippen molar-refractivity contribution in [3.05, 3.63) is 35.9 Å². The lowest BCUT2D eigenvalue weighted by Crippen LogP contribution is -2.40. The van der Waals surface area contributed by atoms with Crippen LogP contribution in [0.15, 0.2) is 30.9 Å². The number of anilines is 1. The molecule has 1 N–H and O–H groups in total. The van der Waals surface area contributed by atoms with Crippen molar-refractivity contribution >= 4 is 29.1 Å². The molecule has 1 aliphatic heterocycles. The summed E-state index contributed by atoms with van der Waals surface area (Å²) < 4.78 is 6.86. The maximum absolute atomic E-state index is 12.5. The number of rotatable bonds is 9. The van der Waals surface area contributed by atoms with Gasteiger partial charge in [0, 0.05) is 38.2 Å². The van der Waals surface area contributed by atoms with Crippen molar-refractivity contribution in [2.45, 2.75) is 45.1 Å². The van der Waals surface area contributed by atoms with Crippen LogP contribution in [-0.4, -0.2) is 51.7 Å². The molecule has 1 atom stereocenters. The highest BCUT2D eigenvalue weighted by atomic mass is 35.5. The number of halogens is 1. The second-order valence-electron chi connectivity index (χ2n) is 7.55. The van der Waals surface area contributed by atoms with Crippen molar-refractivity contribution < 1.29 is 14.3 Å². The van der Waals surface area contributed by atoms with Gasteiger partial charge in [-0.2, -0.15) is 5.10 Å². The fourth-order valence-corrected chi connectivity index (χ4v) is 3.99. The van der Waals surface area contributed by atoms with Gasteiger partial charge in [-0.05, 0) is 49.8 Å². The van der Waals surface area contributed by atoms with Gasteiger partial charge in [0.25, 0.3) is 0 Å². The molecule has 2 aromatic rings. The van der Waals surface area contributed by atoms with Crippen LogP contribution in [0, 0.1) is 5.92 Å². The summed E-state index contributed by atoms with van der Waals surface area (Å²) in [7, 11) is 1.55. The number of aromatic nitrogens is 3. The quantitative estimate of drug-likeness (QED) is 0.654. The van der Waals surface area contributed by atoms with Crippen molar-refractivity contribution in [2.24, 2.45) is 5.92 Å². The lowest BCUT2D eigenvalue weighted by atomic mass is 9.93. The number of carbonyl (C=O) groups is 2. The molecule has 1 aromatic heterocycles. The molecular formula is C21H28ClN5O3. The number of likely N-dealkylation sites (tertiary alicyclic amines) is 1. The Kier molecular flexibility index (Phi) is 8.07. The number of aryl methyl sites for hydroxylation is 1. The van der Waals surface area contributed by atoms with Crippen LogP contribution in [-0.2, 0) is 16.1 Å². The molecule has 0 saturated carbocycles. The molecule has 1 aromatic carbocycles. The third kappa shape index (κ3) is 6.45. The molecule has 0 spiro atoms. The minimum Gasteiger partial charge on any atom is -0.495 e. The summed E-state index contributed by atoms with van der Waals surface area (Å²) in [5.74, 6) is 1.05. The molecule has 1 saturated heterocycles. The first-order valence-corrected chi connectivity index (χ1v) is 10.7. The van der Waals surface area contributed by atoms with E-state index in [9.17, 15) is 9.59 Å². The fourth-order valence-electron chi connectivity index (χ4n) is 3.73. The summed E-state index contributed by atoms with van der Waals surface area (Å²) in [6, 6.07) is 5.17. The molecule has 0 aliphatic carbocycles. The molecule has 0 bridgehead atoms. The van der Waals surface area contributed by atoms with Crippen LogP contribution in [0.25, 0.3) is 0 Å². The molecule has 2 heterocycles. The van der Waals surface area contributed by atoms with Crippen molar-refractivity contribution in [3.63, 3.8) is 0 Å². The predicted octanol–water partition coefficient (Wildman–Crippen LogP) is 3.38. The highest BCUT2D eigenvalue weighted by Gasteiger charge is 2.23. The Morgan fingerprint density at radius 1 is 1.33 bits per heavy atom. The van der Waals surface area contributed by atoms with E-state index in [4.69, 9.17) is 16.3 Å². The average molecular weight is 434 g/mol. The Balaban J connectivity index is 1.39. The Bertz CT molecular complexity index is 843. The van der Waals surface area contributed by atoms with Crippen molar-refractivity contribution in [1.82, 2.24) is 19.7 Å². The van der Waals surface area contributed by atoms with Gasteiger partial charge in [-0.15, -0.1) is 0 Å². The van der Waals surface area contributed by atoms with Crippen LogP contribution in [0.2, 0.25) is 5.02 Å². The van der Waals surface area contributed by atoms with Crippen LogP contribution in [0.3, 0.4) is 0 Å². The first-order valence-electron chi connectivity index (χ1n) is 10.3. The molecule has 30 heavy (non-hydrogen) atoms. The number of amides is 2. The number of piperidine rings is 1. The van der Waals surface area contributed by atoms with Gasteiger partial charge in [-0.3, -0.25) is 14.3 Å². The Morgan fingerprint density at radius 2 is 2.20 bits per heavy atom. The average Bonchev–Trinajstić information content (AvgIpc) is 3.26. The lowest BCUT2D eigenvalue weighted by molar-refractivity contribution is -0.133. The third-order valence-electron chi connectivity index (χ3n) is 5.33. The standard InChI is InChI=1S/C21H28ClN5O3/c1-30-19-8-7-17(12-18(19)22)25-20(28)9-6-16-4-2-10-26(13-16)21(29)5-3-11-27-15-23-14-24-27/h7-8,12,14-16H,2-6,9-11,13H2,1H3,(H,25,28). The van der Waals surface area contributed by atoms with Crippen molar-refractivity contribution in [2.75, 3.05) is 25.5 Å². The summed E-state index contributed by atoms with van der Waals surface area (Å²) in [4.78, 5) is 30.7. The largest absolute Gasteiger partial charge is 0.495 e. The summed E-state index contributed by atoms with van der Waals surface area (Å²) in [6.07, 6.45) is 7.62. The number of nitrogens with one attached hydrogen (secondary N) is 1. The highest BCUT2D eigenvalue weighted by molar-refractivity contribution is 6.32. The zero-order valence-corrected chi connectivity index (χ0v) is 18.0. The highest BCUT2D eigenvalue weighted by Crippen LogP contribution is 2.27. The molecule has 1 unspecified atom stereocenters. The van der Waals surface area contributed by atoms with Gasteiger partial charge >= 0.3 is 0 Å². The monoisotopic (exact) mass is 433 g/mol. The number of hydrogen-bond donors (Lipinski definition) is 1. The normalized spacial score (nSPS) is 16.3. The molecule has 9 heteroatoms. The number of nitrogens with zero attached hydrogens (tertiary/aromatic N) is 4. The smallest absolute Gasteiger partial charge is 0.224 e. The fraction of sp³-hybridized carbons (Fsp3) is 0.524. The number of methoxy groups -OCH3 is 1. The molecule has 162 valence electrons. The molecule has 8 nitrogen and oxygen atoms in total. The second-order valence-corrected chi connectivity index (χ2v) is 7.95. The minimum absolute atomic E-state index is 0.0486. The second kappa shape index (κ2) is 11.0. The van der Waals surface area contributed by atoms with Crippen LogP contribution in [0.5, 0.6) is 5.75 Å². The van der Waals surface area contributed by atoms with E-state index in [-0.39, 0.29) is 11.8 Å². The van der Waals surface area contributed by atoms with Gasteiger partial charge < -0.3 is 15.0 Å². The summed E-state index contributed by atoms with van der Waals surface area (Å²) in [5, 5.41) is 7.39. The van der Waals surface area contributed by atoms with E-state index in [1.54, 1.807) is 36.3 Å². The molecule has 1 aliphatic rings. The molecule has 0 radical (unpaired) electrons. The lowest BCUT2D eigenvalue weighted by Gasteiger charge is -2.33. The minimum atomic E-state index is -0.0486. The van der Waals surface area contributed by atoms with E-state index in [2.05, 4.69) is 15.4 Å². The zero-order valence-electron chi connectivity index (χ0n) is 17.2. The zero-order chi connectivity index (χ0) is 21.3. The van der Waals surface area contributed by atoms with E-state index in [1.165, 1.54) is 6.33 Å². The molecule has 3 rings (SSSR count). The van der Waals surface area contributed by atoms with Crippen LogP contribution in [0.4, 0.5) is 5.69 Å². The van der Waals surface area contributed by atoms with Crippen LogP contribution in [0.1, 0.15) is 38.5 Å². The van der Waals surface area contributed by atoms with Crippen molar-refractivity contribution in [3.8, 4) is 5.75 Å². The summed E-state index contributed by atoms with van der Waals surface area (Å²) in [6.45, 7) is 2.22. The van der Waals surface area contributed by atoms with E-state index in [0.29, 0.717) is 41.8 Å². The first-order chi connectivity index (χ1) is 14.5. The summed E-state index contributed by atoms with van der Waals surface area (Å²) in [5.41, 5.74) is 0.652. The van der Waals surface area contributed by atoms with E-state index in [0.717, 1.165) is 38.8 Å². The van der Waals surface area contributed by atoms with Gasteiger partial charge in [0.05, 0.1) is 12.1 Å². The van der Waals surface area contributed by atoms with E-state index >= 15 is 0 Å². The Morgan fingerprint density at radius 3 is 2.93 bits per heavy atom. The summed E-state index contributed by atoms with van der Waals surface area (Å²) >= 11 is 6.10. The van der Waals surface area contributed by atoms with Gasteiger partial charge in [0.1, 0.15) is 18.4 Å². The van der Waals surface area contributed by atoms with Gasteiger partial charge in [-0.25, -0.2) is 4.98 Å². The van der Waals surface area contributed by atoms with Gasteiger partial charge in [-0.1, -0.05) is 11.6 Å². The number of ether oxygens (including phenoxy) is 1. The van der Waals surface area contributed by atoms with Crippen LogP contribution < -0.4 is 10.1 Å². The molecular weight excluding hydrogens is 406 g/mol. The van der Waals surface area contributed by atoms with Gasteiger partial charge in [0.15, 0.2) is 0 Å². The third-order valence-corrected chi connectivity index (χ3v) is 5.63. The Labute approximate surface area is 181 Å². The number of hydrogen-bond acceptors (Lipinski definition) is 5. The number of carbonyl (C=O) groups excluding carboxylic acids is 2. The maximum Gasteiger partial charge on any atom is 0.224 e. The molecule has 2 amide bonds. The van der Waals surface area contributed by atoms with Gasteiger partial charge in [0.2, 0.25) is 11.8 Å². The Hall–Kier alpha value is -2.61. The number of benzene rings is 1. The van der Waals surface area contributed by atoms with Crippen LogP contribution >= 0.6 is 11.6 Å². The van der Waals surface area contributed by atoms with Crippen molar-refractivity contribution in [1.29, 1.82) is 0 Å². The topological polar surface area (TPSA) is 89.4 Å². The predicted molar refractivity (Wildman–Crippen MR) is 114 cm³/mol. The maximum atomic E-state index is 12.5. The SMILES string of the molecule is COc1ccc(NC(=O)CCC2CCCN(C(=O)CCCn3cncn3)C2)cc1Cl. The molecule has 1 fully saturated rings. The first kappa shape index (κ1) is 22.1. The van der Waals surface area contributed by atoms with E-state index < -0.39 is 0 Å².